The lowest BCUT2D eigenvalue weighted by Gasteiger charge is -2.10. The number of nitrogen functional groups attached to an aromatic ring is 1. The summed E-state index contributed by atoms with van der Waals surface area (Å²) in [6, 6.07) is 9.53. The highest BCUT2D eigenvalue weighted by molar-refractivity contribution is 7.89. The molecule has 3 aromatic rings. The van der Waals surface area contributed by atoms with Crippen molar-refractivity contribution < 1.29 is 22.0 Å². The molecule has 0 atom stereocenters. The molecule has 0 fully saturated rings. The average molecular weight is 433 g/mol. The van der Waals surface area contributed by atoms with Crippen LogP contribution in [0, 0.1) is 11.6 Å². The molecular weight excluding hydrogens is 416 g/mol. The van der Waals surface area contributed by atoms with Gasteiger partial charge in [0, 0.05) is 23.6 Å². The lowest BCUT2D eigenvalue weighted by molar-refractivity contribution is 0.262. The number of sulfone groups is 1. The van der Waals surface area contributed by atoms with Gasteiger partial charge in [-0.15, -0.1) is 0 Å². The van der Waals surface area contributed by atoms with E-state index in [4.69, 9.17) is 5.73 Å². The van der Waals surface area contributed by atoms with Crippen molar-refractivity contribution in [1.82, 2.24) is 9.97 Å². The Labute approximate surface area is 171 Å². The maximum atomic E-state index is 14.5. The fourth-order valence-corrected chi connectivity index (χ4v) is 3.25. The Kier molecular flexibility index (Phi) is 5.92. The second-order valence-corrected chi connectivity index (χ2v) is 8.60. The number of anilines is 3. The summed E-state index contributed by atoms with van der Waals surface area (Å²) in [6.45, 7) is 0. The van der Waals surface area contributed by atoms with Gasteiger partial charge in [-0.05, 0) is 42.5 Å². The van der Waals surface area contributed by atoms with Crippen molar-refractivity contribution in [3.63, 3.8) is 0 Å². The Balaban J connectivity index is 1.78. The highest BCUT2D eigenvalue weighted by atomic mass is 32.2. The van der Waals surface area contributed by atoms with Gasteiger partial charge in [-0.25, -0.2) is 32.0 Å². The van der Waals surface area contributed by atoms with E-state index >= 15 is 0 Å². The zero-order chi connectivity index (χ0) is 21.9. The monoisotopic (exact) mass is 433 g/mol. The minimum atomic E-state index is -3.34. The molecular formula is C19H17F2N5O3S. The molecule has 0 unspecified atom stereocenters. The molecule has 0 aliphatic heterocycles. The summed E-state index contributed by atoms with van der Waals surface area (Å²) in [5.41, 5.74) is 6.35. The molecule has 1 aromatic heterocycles. The van der Waals surface area contributed by atoms with Crippen LogP contribution in [-0.2, 0) is 15.6 Å². The average Bonchev–Trinajstić information content (AvgIpc) is 2.63. The molecule has 0 spiro atoms. The third kappa shape index (κ3) is 5.70. The molecule has 4 N–H and O–H groups in total. The van der Waals surface area contributed by atoms with E-state index in [9.17, 15) is 22.0 Å². The van der Waals surface area contributed by atoms with Gasteiger partial charge in [-0.2, -0.15) is 0 Å². The number of carbonyl (C=O) groups is 1. The van der Waals surface area contributed by atoms with Gasteiger partial charge in [0.1, 0.15) is 17.5 Å². The van der Waals surface area contributed by atoms with Gasteiger partial charge in [-0.3, -0.25) is 0 Å². The van der Waals surface area contributed by atoms with Gasteiger partial charge >= 0.3 is 6.03 Å². The molecule has 8 nitrogen and oxygen atoms in total. The summed E-state index contributed by atoms with van der Waals surface area (Å²) in [6.07, 6.45) is 1.06. The van der Waals surface area contributed by atoms with Crippen LogP contribution in [0.4, 0.5) is 30.8 Å². The zero-order valence-electron chi connectivity index (χ0n) is 15.7. The second kappa shape index (κ2) is 8.41. The molecule has 30 heavy (non-hydrogen) atoms. The molecule has 0 aliphatic carbocycles. The van der Waals surface area contributed by atoms with E-state index in [1.807, 2.05) is 0 Å². The number of amides is 2. The van der Waals surface area contributed by atoms with Crippen molar-refractivity contribution in [1.29, 1.82) is 0 Å². The lowest BCUT2D eigenvalue weighted by Crippen LogP contribution is -2.20. The predicted octanol–water partition coefficient (Wildman–Crippen LogP) is 3.19. The van der Waals surface area contributed by atoms with E-state index in [2.05, 4.69) is 20.6 Å². The molecule has 0 aliphatic rings. The third-order valence-electron chi connectivity index (χ3n) is 3.79. The number of hydrogen-bond donors (Lipinski definition) is 3. The number of rotatable bonds is 5. The molecule has 3 rings (SSSR count). The van der Waals surface area contributed by atoms with Crippen molar-refractivity contribution in [3.8, 4) is 11.4 Å². The highest BCUT2D eigenvalue weighted by Crippen LogP contribution is 2.23. The highest BCUT2D eigenvalue weighted by Gasteiger charge is 2.13. The second-order valence-electron chi connectivity index (χ2n) is 6.46. The Hall–Kier alpha value is -3.60. The first-order chi connectivity index (χ1) is 14.1. The van der Waals surface area contributed by atoms with Crippen LogP contribution in [0.15, 0.2) is 48.5 Å². The number of nitrogens with one attached hydrogen (secondary N) is 2. The van der Waals surface area contributed by atoms with Crippen LogP contribution >= 0.6 is 0 Å². The quantitative estimate of drug-likeness (QED) is 0.567. The molecule has 0 saturated heterocycles. The molecule has 2 aromatic carbocycles. The molecule has 0 bridgehead atoms. The summed E-state index contributed by atoms with van der Waals surface area (Å²) >= 11 is 0. The SMILES string of the molecule is CS(=O)(=O)Cc1cc(N)nc(-c2ccc(NC(=O)Nc3ccc(F)cc3)c(F)c2)n1. The first-order valence-corrected chi connectivity index (χ1v) is 10.6. The van der Waals surface area contributed by atoms with Gasteiger partial charge in [-0.1, -0.05) is 0 Å². The minimum absolute atomic E-state index is 0.0416. The van der Waals surface area contributed by atoms with E-state index in [0.29, 0.717) is 5.69 Å². The topological polar surface area (TPSA) is 127 Å². The molecule has 11 heteroatoms. The number of urea groups is 1. The van der Waals surface area contributed by atoms with Crippen LogP contribution in [0.2, 0.25) is 0 Å². The Morgan fingerprint density at radius 3 is 2.37 bits per heavy atom. The smallest absolute Gasteiger partial charge is 0.323 e. The van der Waals surface area contributed by atoms with E-state index in [-0.39, 0.29) is 34.3 Å². The van der Waals surface area contributed by atoms with Crippen LogP contribution in [-0.4, -0.2) is 30.7 Å². The van der Waals surface area contributed by atoms with Crippen LogP contribution in [0.5, 0.6) is 0 Å². The Bertz CT molecular complexity index is 1200. The first-order valence-electron chi connectivity index (χ1n) is 8.54. The first kappa shape index (κ1) is 21.1. The van der Waals surface area contributed by atoms with Crippen LogP contribution in [0.3, 0.4) is 0 Å². The number of aromatic nitrogens is 2. The molecule has 156 valence electrons. The zero-order valence-corrected chi connectivity index (χ0v) is 16.5. The minimum Gasteiger partial charge on any atom is -0.384 e. The van der Waals surface area contributed by atoms with E-state index in [1.165, 1.54) is 42.5 Å². The molecule has 1 heterocycles. The van der Waals surface area contributed by atoms with Gasteiger partial charge in [0.25, 0.3) is 0 Å². The normalized spacial score (nSPS) is 11.2. The maximum Gasteiger partial charge on any atom is 0.323 e. The summed E-state index contributed by atoms with van der Waals surface area (Å²) in [4.78, 5) is 20.1. The number of nitrogens with zero attached hydrogens (tertiary/aromatic N) is 2. The number of halogens is 2. The fourth-order valence-electron chi connectivity index (χ4n) is 2.56. The van der Waals surface area contributed by atoms with E-state index < -0.39 is 27.5 Å². The molecule has 2 amide bonds. The van der Waals surface area contributed by atoms with Crippen molar-refractivity contribution in [3.05, 3.63) is 65.9 Å². The van der Waals surface area contributed by atoms with E-state index in [0.717, 1.165) is 12.3 Å². The standard InChI is InChI=1S/C19H17F2N5O3S/c1-30(28,29)10-14-9-17(22)26-18(23-14)11-2-7-16(15(21)8-11)25-19(27)24-13-5-3-12(20)4-6-13/h2-9H,10H2,1H3,(H2,22,23,26)(H2,24,25,27). The number of benzene rings is 2. The van der Waals surface area contributed by atoms with Crippen molar-refractivity contribution in [2.75, 3.05) is 22.6 Å². The number of carbonyl (C=O) groups excluding carboxylic acids is 1. The van der Waals surface area contributed by atoms with Crippen LogP contribution < -0.4 is 16.4 Å². The van der Waals surface area contributed by atoms with Crippen LogP contribution in [0.25, 0.3) is 11.4 Å². The summed E-state index contributed by atoms with van der Waals surface area (Å²) in [5.74, 6) is -1.46. The van der Waals surface area contributed by atoms with Crippen molar-refractivity contribution >= 4 is 33.1 Å². The lowest BCUT2D eigenvalue weighted by atomic mass is 10.1. The number of nitrogens with two attached hydrogens (primary N) is 1. The summed E-state index contributed by atoms with van der Waals surface area (Å²) < 4.78 is 50.4. The molecule has 0 radical (unpaired) electrons. The summed E-state index contributed by atoms with van der Waals surface area (Å²) in [5, 5.41) is 4.79. The van der Waals surface area contributed by atoms with Gasteiger partial charge in [0.05, 0.1) is 17.1 Å². The Morgan fingerprint density at radius 1 is 1.03 bits per heavy atom. The largest absolute Gasteiger partial charge is 0.384 e. The maximum absolute atomic E-state index is 14.5. The van der Waals surface area contributed by atoms with Crippen molar-refractivity contribution in [2.24, 2.45) is 0 Å². The van der Waals surface area contributed by atoms with Gasteiger partial charge in [0.15, 0.2) is 15.7 Å². The van der Waals surface area contributed by atoms with E-state index in [1.54, 1.807) is 0 Å². The Morgan fingerprint density at radius 2 is 1.73 bits per heavy atom. The third-order valence-corrected chi connectivity index (χ3v) is 4.61. The number of hydrogen-bond acceptors (Lipinski definition) is 6. The molecule has 0 saturated carbocycles. The summed E-state index contributed by atoms with van der Waals surface area (Å²) in [7, 11) is -3.34. The van der Waals surface area contributed by atoms with Gasteiger partial charge < -0.3 is 16.4 Å². The van der Waals surface area contributed by atoms with Crippen molar-refractivity contribution in [2.45, 2.75) is 5.75 Å². The van der Waals surface area contributed by atoms with Crippen LogP contribution in [0.1, 0.15) is 5.69 Å². The predicted molar refractivity (Wildman–Crippen MR) is 109 cm³/mol. The fraction of sp³-hybridized carbons (Fsp3) is 0.105. The van der Waals surface area contributed by atoms with Gasteiger partial charge in [0.2, 0.25) is 0 Å².